The van der Waals surface area contributed by atoms with Crippen LogP contribution in [0.1, 0.15) is 21.7 Å². The number of ketones is 1. The molecule has 3 rings (SSSR count). The van der Waals surface area contributed by atoms with E-state index < -0.39 is 5.82 Å². The first-order valence-corrected chi connectivity index (χ1v) is 7.94. The van der Waals surface area contributed by atoms with Crippen LogP contribution in [0.15, 0.2) is 71.3 Å². The van der Waals surface area contributed by atoms with Gasteiger partial charge in [-0.05, 0) is 60.7 Å². The molecule has 0 saturated heterocycles. The Morgan fingerprint density at radius 3 is 2.23 bits per heavy atom. The van der Waals surface area contributed by atoms with E-state index in [1.807, 2.05) is 0 Å². The molecule has 5 nitrogen and oxygen atoms in total. The zero-order valence-corrected chi connectivity index (χ0v) is 13.8. The first-order chi connectivity index (χ1) is 12.6. The highest BCUT2D eigenvalue weighted by Gasteiger charge is 2.10. The highest BCUT2D eigenvalue weighted by atomic mass is 19.1. The maximum absolute atomic E-state index is 12.9. The van der Waals surface area contributed by atoms with Crippen LogP contribution in [0.2, 0.25) is 0 Å². The highest BCUT2D eigenvalue weighted by Crippen LogP contribution is 2.16. The molecule has 1 amide bonds. The quantitative estimate of drug-likeness (QED) is 0.662. The Balaban J connectivity index is 1.51. The topological polar surface area (TPSA) is 68.5 Å². The summed E-state index contributed by atoms with van der Waals surface area (Å²) in [6, 6.07) is 15.3. The zero-order chi connectivity index (χ0) is 18.4. The number of hydrogen-bond donors (Lipinski definition) is 1. The lowest BCUT2D eigenvalue weighted by Gasteiger charge is -2.07. The number of benzene rings is 2. The van der Waals surface area contributed by atoms with E-state index in [0.717, 1.165) is 0 Å². The molecule has 0 bridgehead atoms. The molecule has 0 aliphatic heterocycles. The maximum Gasteiger partial charge on any atom is 0.258 e. The van der Waals surface area contributed by atoms with Gasteiger partial charge in [-0.15, -0.1) is 0 Å². The summed E-state index contributed by atoms with van der Waals surface area (Å²) in [7, 11) is 0. The summed E-state index contributed by atoms with van der Waals surface area (Å²) in [5.41, 5.74) is 0.851. The minimum Gasteiger partial charge on any atom is -0.484 e. The fourth-order valence-electron chi connectivity index (χ4n) is 2.27. The summed E-state index contributed by atoms with van der Waals surface area (Å²) in [6.07, 6.45) is 1.53. The van der Waals surface area contributed by atoms with E-state index in [9.17, 15) is 14.0 Å². The molecule has 132 valence electrons. The largest absolute Gasteiger partial charge is 0.484 e. The minimum atomic E-state index is -0.393. The fourth-order valence-corrected chi connectivity index (χ4v) is 2.27. The number of carbonyl (C=O) groups is 2. The smallest absolute Gasteiger partial charge is 0.258 e. The zero-order valence-electron chi connectivity index (χ0n) is 13.8. The van der Waals surface area contributed by atoms with Gasteiger partial charge in [0, 0.05) is 11.1 Å². The molecule has 0 unspecified atom stereocenters. The van der Waals surface area contributed by atoms with Gasteiger partial charge in [0.2, 0.25) is 0 Å². The Labute approximate surface area is 149 Å². The van der Waals surface area contributed by atoms with Crippen LogP contribution < -0.4 is 10.1 Å². The molecule has 1 N–H and O–H groups in total. The van der Waals surface area contributed by atoms with Crippen LogP contribution >= 0.6 is 0 Å². The Bertz CT molecular complexity index is 871. The van der Waals surface area contributed by atoms with E-state index >= 15 is 0 Å². The van der Waals surface area contributed by atoms with Crippen molar-refractivity contribution in [3.05, 3.63) is 89.6 Å². The monoisotopic (exact) mass is 353 g/mol. The van der Waals surface area contributed by atoms with E-state index in [4.69, 9.17) is 9.15 Å². The average molecular weight is 353 g/mol. The number of rotatable bonds is 7. The van der Waals surface area contributed by atoms with Crippen LogP contribution in [0.4, 0.5) is 4.39 Å². The molecule has 0 radical (unpaired) electrons. The predicted octanol–water partition coefficient (Wildman–Crippen LogP) is 3.34. The lowest BCUT2D eigenvalue weighted by molar-refractivity contribution is -0.123. The van der Waals surface area contributed by atoms with E-state index in [2.05, 4.69) is 5.32 Å². The van der Waals surface area contributed by atoms with Crippen molar-refractivity contribution in [3.63, 3.8) is 0 Å². The van der Waals surface area contributed by atoms with Crippen LogP contribution in [0.5, 0.6) is 5.75 Å². The molecule has 0 aliphatic carbocycles. The van der Waals surface area contributed by atoms with E-state index in [0.29, 0.717) is 29.2 Å². The normalized spacial score (nSPS) is 10.3. The van der Waals surface area contributed by atoms with Crippen LogP contribution in [-0.2, 0) is 11.3 Å². The van der Waals surface area contributed by atoms with E-state index in [1.165, 1.54) is 30.5 Å². The number of nitrogens with one attached hydrogen (secondary N) is 1. The third-order valence-electron chi connectivity index (χ3n) is 3.63. The van der Waals surface area contributed by atoms with Crippen molar-refractivity contribution in [2.24, 2.45) is 0 Å². The standard InChI is InChI=1S/C20H16FNO4/c21-16-7-3-14(4-8-16)20(24)15-5-9-17(10-6-15)26-13-19(23)22-12-18-2-1-11-25-18/h1-11H,12-13H2,(H,22,23). The lowest BCUT2D eigenvalue weighted by atomic mass is 10.0. The molecular formula is C20H16FNO4. The second-order valence-electron chi connectivity index (χ2n) is 5.51. The van der Waals surface area contributed by atoms with Crippen LogP contribution in [-0.4, -0.2) is 18.3 Å². The van der Waals surface area contributed by atoms with Gasteiger partial charge >= 0.3 is 0 Å². The first kappa shape index (κ1) is 17.4. The van der Waals surface area contributed by atoms with Crippen molar-refractivity contribution in [2.45, 2.75) is 6.54 Å². The molecule has 26 heavy (non-hydrogen) atoms. The van der Waals surface area contributed by atoms with Crippen molar-refractivity contribution in [2.75, 3.05) is 6.61 Å². The van der Waals surface area contributed by atoms with Crippen LogP contribution in [0.3, 0.4) is 0 Å². The van der Waals surface area contributed by atoms with Crippen LogP contribution in [0, 0.1) is 5.82 Å². The van der Waals surface area contributed by atoms with Crippen LogP contribution in [0.25, 0.3) is 0 Å². The number of hydrogen-bond acceptors (Lipinski definition) is 4. The Hall–Kier alpha value is -3.41. The summed E-state index contributed by atoms with van der Waals surface area (Å²) in [6.45, 7) is 0.145. The lowest BCUT2D eigenvalue weighted by Crippen LogP contribution is -2.28. The number of amides is 1. The Morgan fingerprint density at radius 2 is 1.62 bits per heavy atom. The molecule has 0 aliphatic rings. The second-order valence-corrected chi connectivity index (χ2v) is 5.51. The van der Waals surface area contributed by atoms with E-state index in [1.54, 1.807) is 36.4 Å². The molecule has 6 heteroatoms. The van der Waals surface area contributed by atoms with Gasteiger partial charge in [-0.2, -0.15) is 0 Å². The van der Waals surface area contributed by atoms with Gasteiger partial charge in [0.05, 0.1) is 12.8 Å². The van der Waals surface area contributed by atoms with Gasteiger partial charge in [0.15, 0.2) is 12.4 Å². The average Bonchev–Trinajstić information content (AvgIpc) is 3.19. The van der Waals surface area contributed by atoms with Gasteiger partial charge in [0.25, 0.3) is 5.91 Å². The first-order valence-electron chi connectivity index (χ1n) is 7.94. The van der Waals surface area contributed by atoms with Crippen molar-refractivity contribution in [1.29, 1.82) is 0 Å². The summed E-state index contributed by atoms with van der Waals surface area (Å²) in [5.74, 6) is 0.229. The predicted molar refractivity (Wildman–Crippen MR) is 92.3 cm³/mol. The van der Waals surface area contributed by atoms with Crippen molar-refractivity contribution in [3.8, 4) is 5.75 Å². The van der Waals surface area contributed by atoms with Crippen molar-refractivity contribution >= 4 is 11.7 Å². The minimum absolute atomic E-state index is 0.147. The molecule has 1 aromatic heterocycles. The maximum atomic E-state index is 12.9. The van der Waals surface area contributed by atoms with Gasteiger partial charge in [-0.3, -0.25) is 9.59 Å². The highest BCUT2D eigenvalue weighted by molar-refractivity contribution is 6.09. The molecule has 0 fully saturated rings. The SMILES string of the molecule is O=C(COc1ccc(C(=O)c2ccc(F)cc2)cc1)NCc1ccco1. The summed E-state index contributed by atoms with van der Waals surface area (Å²) < 4.78 is 23.4. The number of halogens is 1. The molecular weight excluding hydrogens is 337 g/mol. The molecule has 2 aromatic carbocycles. The third-order valence-corrected chi connectivity index (χ3v) is 3.63. The molecule has 0 spiro atoms. The fraction of sp³-hybridized carbons (Fsp3) is 0.100. The number of ether oxygens (including phenoxy) is 1. The molecule has 1 heterocycles. The van der Waals surface area contributed by atoms with Gasteiger partial charge < -0.3 is 14.5 Å². The van der Waals surface area contributed by atoms with Gasteiger partial charge in [0.1, 0.15) is 17.3 Å². The summed E-state index contributed by atoms with van der Waals surface area (Å²) in [4.78, 5) is 24.0. The Morgan fingerprint density at radius 1 is 0.962 bits per heavy atom. The number of furan rings is 1. The van der Waals surface area contributed by atoms with Crippen molar-refractivity contribution < 1.29 is 23.1 Å². The summed E-state index contributed by atoms with van der Waals surface area (Å²) in [5, 5.41) is 2.67. The summed E-state index contributed by atoms with van der Waals surface area (Å²) >= 11 is 0. The number of carbonyl (C=O) groups excluding carboxylic acids is 2. The molecule has 0 atom stereocenters. The van der Waals surface area contributed by atoms with Gasteiger partial charge in [-0.1, -0.05) is 0 Å². The van der Waals surface area contributed by atoms with Gasteiger partial charge in [-0.25, -0.2) is 4.39 Å². The third kappa shape index (κ3) is 4.57. The van der Waals surface area contributed by atoms with Crippen molar-refractivity contribution in [1.82, 2.24) is 5.32 Å². The molecule has 0 saturated carbocycles. The van der Waals surface area contributed by atoms with E-state index in [-0.39, 0.29) is 18.3 Å². The Kier molecular flexibility index (Phi) is 5.43. The second kappa shape index (κ2) is 8.11. The molecule has 3 aromatic rings.